The minimum atomic E-state index is -0.453. The summed E-state index contributed by atoms with van der Waals surface area (Å²) >= 11 is 0. The van der Waals surface area contributed by atoms with Gasteiger partial charge in [-0.15, -0.1) is 0 Å². The van der Waals surface area contributed by atoms with E-state index >= 15 is 0 Å². The Bertz CT molecular complexity index is 270. The van der Waals surface area contributed by atoms with Crippen LogP contribution in [0, 0.1) is 23.2 Å². The van der Waals surface area contributed by atoms with Crippen molar-refractivity contribution >= 4 is 0 Å². The third-order valence-electron chi connectivity index (χ3n) is 5.61. The Balaban J connectivity index is 2.08. The highest BCUT2D eigenvalue weighted by Gasteiger charge is 2.57. The third kappa shape index (κ3) is 2.15. The summed E-state index contributed by atoms with van der Waals surface area (Å²) in [5.41, 5.74) is 5.63. The molecule has 100 valence electrons. The molecule has 2 fully saturated rings. The van der Waals surface area contributed by atoms with Gasteiger partial charge in [-0.2, -0.15) is 0 Å². The highest BCUT2D eigenvalue weighted by molar-refractivity contribution is 5.09. The van der Waals surface area contributed by atoms with E-state index in [0.717, 1.165) is 31.6 Å². The van der Waals surface area contributed by atoms with Crippen LogP contribution in [0.25, 0.3) is 0 Å². The quantitative estimate of drug-likeness (QED) is 0.795. The van der Waals surface area contributed by atoms with Crippen LogP contribution in [0.1, 0.15) is 59.3 Å². The lowest BCUT2D eigenvalue weighted by molar-refractivity contribution is -0.188. The van der Waals surface area contributed by atoms with Crippen molar-refractivity contribution in [2.45, 2.75) is 64.9 Å². The number of hydrogen-bond donors (Lipinski definition) is 2. The van der Waals surface area contributed by atoms with Gasteiger partial charge in [0.2, 0.25) is 0 Å². The van der Waals surface area contributed by atoms with Crippen molar-refractivity contribution in [3.05, 3.63) is 0 Å². The van der Waals surface area contributed by atoms with E-state index in [0.29, 0.717) is 18.4 Å². The molecule has 0 spiro atoms. The van der Waals surface area contributed by atoms with Crippen molar-refractivity contribution in [1.82, 2.24) is 0 Å². The molecule has 3 N–H and O–H groups in total. The fourth-order valence-corrected chi connectivity index (χ4v) is 4.17. The normalized spacial score (nSPS) is 46.9. The summed E-state index contributed by atoms with van der Waals surface area (Å²) in [7, 11) is 0. The Labute approximate surface area is 106 Å². The number of nitrogens with two attached hydrogens (primary N) is 1. The Morgan fingerprint density at radius 1 is 1.29 bits per heavy atom. The lowest BCUT2D eigenvalue weighted by Crippen LogP contribution is -2.62. The predicted molar refractivity (Wildman–Crippen MR) is 71.6 cm³/mol. The number of hydrogen-bond acceptors (Lipinski definition) is 2. The van der Waals surface area contributed by atoms with Gasteiger partial charge in [0, 0.05) is 12.0 Å². The van der Waals surface area contributed by atoms with Gasteiger partial charge < -0.3 is 10.8 Å². The largest absolute Gasteiger partial charge is 0.389 e. The molecule has 0 saturated heterocycles. The van der Waals surface area contributed by atoms with Crippen molar-refractivity contribution in [2.75, 3.05) is 6.54 Å². The van der Waals surface area contributed by atoms with Gasteiger partial charge in [0.05, 0.1) is 5.60 Å². The molecular formula is C15H29NO. The zero-order chi connectivity index (χ0) is 12.7. The summed E-state index contributed by atoms with van der Waals surface area (Å²) in [4.78, 5) is 0. The van der Waals surface area contributed by atoms with Crippen LogP contribution < -0.4 is 5.73 Å². The second kappa shape index (κ2) is 4.55. The Morgan fingerprint density at radius 2 is 1.94 bits per heavy atom. The standard InChI is InChI=1S/C15H29NO/c1-11(2)13-8-15(17,9-13)14(10-16)6-4-5-12(3)7-14/h11-13,17H,4-10,16H2,1-3H3. The van der Waals surface area contributed by atoms with Crippen molar-refractivity contribution in [3.63, 3.8) is 0 Å². The molecule has 2 nitrogen and oxygen atoms in total. The van der Waals surface area contributed by atoms with Gasteiger partial charge in [0.1, 0.15) is 0 Å². The molecule has 2 atom stereocenters. The predicted octanol–water partition coefficient (Wildman–Crippen LogP) is 2.94. The highest BCUT2D eigenvalue weighted by Crippen LogP contribution is 2.57. The van der Waals surface area contributed by atoms with Crippen LogP contribution >= 0.6 is 0 Å². The first-order valence-electron chi connectivity index (χ1n) is 7.35. The number of rotatable bonds is 3. The molecule has 0 bridgehead atoms. The summed E-state index contributed by atoms with van der Waals surface area (Å²) in [5.74, 6) is 2.14. The molecule has 0 heterocycles. The Morgan fingerprint density at radius 3 is 2.41 bits per heavy atom. The summed E-state index contributed by atoms with van der Waals surface area (Å²) in [6, 6.07) is 0. The van der Waals surface area contributed by atoms with Crippen LogP contribution in [0.2, 0.25) is 0 Å². The molecule has 2 heteroatoms. The zero-order valence-corrected chi connectivity index (χ0v) is 11.7. The molecule has 2 aliphatic rings. The summed E-state index contributed by atoms with van der Waals surface area (Å²) in [6.07, 6.45) is 6.78. The molecular weight excluding hydrogens is 210 g/mol. The van der Waals surface area contributed by atoms with Gasteiger partial charge in [0.15, 0.2) is 0 Å². The maximum atomic E-state index is 10.9. The molecule has 0 aliphatic heterocycles. The van der Waals surface area contributed by atoms with Crippen molar-refractivity contribution < 1.29 is 5.11 Å². The van der Waals surface area contributed by atoms with Gasteiger partial charge >= 0.3 is 0 Å². The van der Waals surface area contributed by atoms with E-state index in [9.17, 15) is 5.11 Å². The van der Waals surface area contributed by atoms with Crippen molar-refractivity contribution in [1.29, 1.82) is 0 Å². The highest BCUT2D eigenvalue weighted by atomic mass is 16.3. The molecule has 2 aliphatic carbocycles. The minimum absolute atomic E-state index is 0.0239. The average Bonchev–Trinajstić information content (AvgIpc) is 2.24. The second-order valence-corrected chi connectivity index (χ2v) is 7.13. The van der Waals surface area contributed by atoms with E-state index < -0.39 is 5.60 Å². The van der Waals surface area contributed by atoms with E-state index in [-0.39, 0.29) is 5.41 Å². The van der Waals surface area contributed by atoms with E-state index in [1.54, 1.807) is 0 Å². The van der Waals surface area contributed by atoms with Crippen LogP contribution in [-0.2, 0) is 0 Å². The maximum absolute atomic E-state index is 10.9. The summed E-state index contributed by atoms with van der Waals surface area (Å²) < 4.78 is 0. The minimum Gasteiger partial charge on any atom is -0.389 e. The SMILES string of the molecule is CC1CCCC(CN)(C2(O)CC(C(C)C)C2)C1. The first-order chi connectivity index (χ1) is 7.92. The average molecular weight is 239 g/mol. The molecule has 2 unspecified atom stereocenters. The van der Waals surface area contributed by atoms with E-state index in [1.165, 1.54) is 12.8 Å². The van der Waals surface area contributed by atoms with E-state index in [1.807, 2.05) is 0 Å². The van der Waals surface area contributed by atoms with E-state index in [2.05, 4.69) is 20.8 Å². The van der Waals surface area contributed by atoms with Crippen LogP contribution in [0.4, 0.5) is 0 Å². The Hall–Kier alpha value is -0.0800. The first kappa shape index (κ1) is 13.4. The molecule has 17 heavy (non-hydrogen) atoms. The maximum Gasteiger partial charge on any atom is 0.0721 e. The first-order valence-corrected chi connectivity index (χ1v) is 7.35. The van der Waals surface area contributed by atoms with Gasteiger partial charge in [-0.25, -0.2) is 0 Å². The van der Waals surface area contributed by atoms with Crippen LogP contribution in [0.15, 0.2) is 0 Å². The smallest absolute Gasteiger partial charge is 0.0721 e. The molecule has 0 aromatic rings. The lowest BCUT2D eigenvalue weighted by atomic mass is 9.50. The molecule has 0 radical (unpaired) electrons. The van der Waals surface area contributed by atoms with Gasteiger partial charge in [0.25, 0.3) is 0 Å². The van der Waals surface area contributed by atoms with Crippen LogP contribution in [0.5, 0.6) is 0 Å². The number of aliphatic hydroxyl groups is 1. The zero-order valence-electron chi connectivity index (χ0n) is 11.7. The fraction of sp³-hybridized carbons (Fsp3) is 1.00. The molecule has 0 aromatic carbocycles. The summed E-state index contributed by atoms with van der Waals surface area (Å²) in [6.45, 7) is 7.51. The van der Waals surface area contributed by atoms with Crippen molar-refractivity contribution in [3.8, 4) is 0 Å². The molecule has 2 saturated carbocycles. The summed E-state index contributed by atoms with van der Waals surface area (Å²) in [5, 5.41) is 10.9. The Kier molecular flexibility index (Phi) is 3.57. The van der Waals surface area contributed by atoms with E-state index in [4.69, 9.17) is 5.73 Å². The van der Waals surface area contributed by atoms with Crippen molar-refractivity contribution in [2.24, 2.45) is 28.9 Å². The fourth-order valence-electron chi connectivity index (χ4n) is 4.17. The molecule has 0 amide bonds. The topological polar surface area (TPSA) is 46.2 Å². The van der Waals surface area contributed by atoms with Crippen LogP contribution in [-0.4, -0.2) is 17.3 Å². The third-order valence-corrected chi connectivity index (χ3v) is 5.61. The van der Waals surface area contributed by atoms with Gasteiger partial charge in [-0.3, -0.25) is 0 Å². The van der Waals surface area contributed by atoms with Gasteiger partial charge in [-0.05, 0) is 43.4 Å². The molecule has 0 aromatic heterocycles. The lowest BCUT2D eigenvalue weighted by Gasteiger charge is -2.59. The van der Waals surface area contributed by atoms with Crippen LogP contribution in [0.3, 0.4) is 0 Å². The monoisotopic (exact) mass is 239 g/mol. The second-order valence-electron chi connectivity index (χ2n) is 7.13. The van der Waals surface area contributed by atoms with Gasteiger partial charge in [-0.1, -0.05) is 33.6 Å². The molecule has 2 rings (SSSR count).